The van der Waals surface area contributed by atoms with E-state index < -0.39 is 16.1 Å². The number of carbonyl (C=O) groups is 1. The lowest BCUT2D eigenvalue weighted by molar-refractivity contribution is -0.122. The van der Waals surface area contributed by atoms with E-state index >= 15 is 0 Å². The van der Waals surface area contributed by atoms with Crippen molar-refractivity contribution in [2.45, 2.75) is 19.6 Å². The first kappa shape index (κ1) is 24.0. The summed E-state index contributed by atoms with van der Waals surface area (Å²) in [7, 11) is -0.240. The Morgan fingerprint density at radius 3 is 2.30 bits per heavy atom. The zero-order chi connectivity index (χ0) is 22.3. The molecule has 3 rings (SSSR count). The SMILES string of the molecule is Cc1cccc(-c2ccc(CN3C[C@@H](CS(=O)(=O)N(C)C)[C@H](O)C3)cc2)c1.O=CO. The number of hydrogen-bond acceptors (Lipinski definition) is 5. The summed E-state index contributed by atoms with van der Waals surface area (Å²) in [6.45, 7) is 3.65. The highest BCUT2D eigenvalue weighted by molar-refractivity contribution is 7.89. The predicted molar refractivity (Wildman–Crippen MR) is 118 cm³/mol. The number of aryl methyl sites for hydroxylation is 1. The van der Waals surface area contributed by atoms with Gasteiger partial charge in [0.1, 0.15) is 0 Å². The first-order valence-corrected chi connectivity index (χ1v) is 11.3. The van der Waals surface area contributed by atoms with E-state index in [0.29, 0.717) is 19.6 Å². The number of rotatable bonds is 6. The lowest BCUT2D eigenvalue weighted by Gasteiger charge is -2.18. The van der Waals surface area contributed by atoms with Crippen molar-refractivity contribution in [1.29, 1.82) is 0 Å². The van der Waals surface area contributed by atoms with Crippen LogP contribution in [0.5, 0.6) is 0 Å². The van der Waals surface area contributed by atoms with Crippen molar-refractivity contribution in [2.24, 2.45) is 5.92 Å². The van der Waals surface area contributed by atoms with Crippen LogP contribution in [-0.4, -0.2) is 73.3 Å². The molecule has 2 aromatic carbocycles. The summed E-state index contributed by atoms with van der Waals surface area (Å²) in [5.41, 5.74) is 4.78. The highest BCUT2D eigenvalue weighted by Crippen LogP contribution is 2.24. The van der Waals surface area contributed by atoms with Gasteiger partial charge in [-0.15, -0.1) is 0 Å². The Kier molecular flexibility index (Phi) is 8.54. The Bertz CT molecular complexity index is 929. The van der Waals surface area contributed by atoms with E-state index in [1.807, 2.05) is 0 Å². The molecule has 0 bridgehead atoms. The molecule has 30 heavy (non-hydrogen) atoms. The maximum atomic E-state index is 12.1. The highest BCUT2D eigenvalue weighted by atomic mass is 32.2. The molecule has 2 aromatic rings. The third kappa shape index (κ3) is 6.63. The zero-order valence-corrected chi connectivity index (χ0v) is 18.4. The third-order valence-electron chi connectivity index (χ3n) is 5.17. The number of aliphatic hydroxyl groups excluding tert-OH is 1. The second kappa shape index (κ2) is 10.7. The standard InChI is InChI=1S/C21H28N2O3S.CH2O2/c1-16-5-4-6-19(11-16)18-9-7-17(8-10-18)12-23-13-20(21(24)14-23)15-27(25,26)22(2)3;2-1-3/h4-11,20-21,24H,12-15H2,1-3H3;1H,(H,2,3)/t20-,21+;/m0./s1. The van der Waals surface area contributed by atoms with E-state index in [0.717, 1.165) is 5.56 Å². The van der Waals surface area contributed by atoms with Crippen molar-refractivity contribution in [3.05, 3.63) is 59.7 Å². The number of hydrogen-bond donors (Lipinski definition) is 2. The largest absolute Gasteiger partial charge is 0.483 e. The summed E-state index contributed by atoms with van der Waals surface area (Å²) < 4.78 is 25.4. The quantitative estimate of drug-likeness (QED) is 0.676. The maximum absolute atomic E-state index is 12.1. The van der Waals surface area contributed by atoms with E-state index in [4.69, 9.17) is 9.90 Å². The number of nitrogens with zero attached hydrogens (tertiary/aromatic N) is 2. The van der Waals surface area contributed by atoms with Gasteiger partial charge in [-0.25, -0.2) is 12.7 Å². The number of carboxylic acid groups (broad SMARTS) is 1. The Hall–Kier alpha value is -2.26. The van der Waals surface area contributed by atoms with Crippen molar-refractivity contribution >= 4 is 16.5 Å². The van der Waals surface area contributed by atoms with Gasteiger partial charge in [-0.1, -0.05) is 54.1 Å². The second-order valence-electron chi connectivity index (χ2n) is 7.75. The molecule has 2 atom stereocenters. The molecule has 2 N–H and O–H groups in total. The van der Waals surface area contributed by atoms with Gasteiger partial charge in [0, 0.05) is 39.6 Å². The number of benzene rings is 2. The lowest BCUT2D eigenvalue weighted by Crippen LogP contribution is -2.33. The van der Waals surface area contributed by atoms with Crippen molar-refractivity contribution in [3.8, 4) is 11.1 Å². The van der Waals surface area contributed by atoms with Gasteiger partial charge in [-0.3, -0.25) is 9.69 Å². The summed E-state index contributed by atoms with van der Waals surface area (Å²) in [5.74, 6) is -0.256. The maximum Gasteiger partial charge on any atom is 0.290 e. The lowest BCUT2D eigenvalue weighted by atomic mass is 10.0. The molecule has 1 saturated heterocycles. The van der Waals surface area contributed by atoms with E-state index in [2.05, 4.69) is 60.4 Å². The molecule has 0 aromatic heterocycles. The molecule has 0 radical (unpaired) electrons. The summed E-state index contributed by atoms with van der Waals surface area (Å²) in [5, 5.41) is 17.2. The molecule has 0 aliphatic carbocycles. The number of sulfonamides is 1. The Morgan fingerprint density at radius 2 is 1.73 bits per heavy atom. The van der Waals surface area contributed by atoms with E-state index in [9.17, 15) is 13.5 Å². The predicted octanol–water partition coefficient (Wildman–Crippen LogP) is 2.05. The first-order valence-electron chi connectivity index (χ1n) is 9.70. The van der Waals surface area contributed by atoms with Crippen LogP contribution in [0.25, 0.3) is 11.1 Å². The Morgan fingerprint density at radius 1 is 1.10 bits per heavy atom. The molecule has 7 nitrogen and oxygen atoms in total. The van der Waals surface area contributed by atoms with Crippen LogP contribution in [0.1, 0.15) is 11.1 Å². The fourth-order valence-electron chi connectivity index (χ4n) is 3.54. The summed E-state index contributed by atoms with van der Waals surface area (Å²) >= 11 is 0. The average molecular weight is 435 g/mol. The van der Waals surface area contributed by atoms with E-state index in [1.54, 1.807) is 0 Å². The number of aliphatic hydroxyl groups is 1. The fourth-order valence-corrected chi connectivity index (χ4v) is 4.71. The van der Waals surface area contributed by atoms with Crippen LogP contribution in [0.2, 0.25) is 0 Å². The smallest absolute Gasteiger partial charge is 0.290 e. The minimum atomic E-state index is -3.30. The van der Waals surface area contributed by atoms with Gasteiger partial charge in [0.05, 0.1) is 11.9 Å². The van der Waals surface area contributed by atoms with E-state index in [-0.39, 0.29) is 18.1 Å². The van der Waals surface area contributed by atoms with Crippen molar-refractivity contribution in [2.75, 3.05) is 32.9 Å². The van der Waals surface area contributed by atoms with E-state index in [1.165, 1.54) is 35.1 Å². The third-order valence-corrected chi connectivity index (χ3v) is 7.14. The summed E-state index contributed by atoms with van der Waals surface area (Å²) in [6.07, 6.45) is -0.605. The van der Waals surface area contributed by atoms with Crippen molar-refractivity contribution in [1.82, 2.24) is 9.21 Å². The summed E-state index contributed by atoms with van der Waals surface area (Å²) in [4.78, 5) is 10.5. The van der Waals surface area contributed by atoms with Gasteiger partial charge in [0.15, 0.2) is 0 Å². The first-order chi connectivity index (χ1) is 14.2. The molecule has 1 heterocycles. The van der Waals surface area contributed by atoms with Gasteiger partial charge >= 0.3 is 0 Å². The highest BCUT2D eigenvalue weighted by Gasteiger charge is 2.35. The van der Waals surface area contributed by atoms with Crippen molar-refractivity contribution < 1.29 is 23.4 Å². The van der Waals surface area contributed by atoms with Crippen LogP contribution in [0.4, 0.5) is 0 Å². The molecule has 0 saturated carbocycles. The molecule has 1 aliphatic rings. The average Bonchev–Trinajstić information content (AvgIpc) is 3.01. The van der Waals surface area contributed by atoms with Crippen LogP contribution in [0, 0.1) is 12.8 Å². The second-order valence-corrected chi connectivity index (χ2v) is 9.98. The number of β-amino-alcohol motifs (C(OH)–C–C–N with tert-alkyl or cyclic N) is 1. The molecule has 8 heteroatoms. The van der Waals surface area contributed by atoms with Gasteiger partial charge in [-0.05, 0) is 23.6 Å². The molecular weight excluding hydrogens is 404 g/mol. The Labute approximate surface area is 178 Å². The molecular formula is C22H30N2O5S. The minimum absolute atomic E-state index is 0.00996. The van der Waals surface area contributed by atoms with Gasteiger partial charge < -0.3 is 10.2 Å². The van der Waals surface area contributed by atoms with Crippen LogP contribution in [0.3, 0.4) is 0 Å². The molecule has 0 unspecified atom stereocenters. The zero-order valence-electron chi connectivity index (χ0n) is 17.6. The van der Waals surface area contributed by atoms with Gasteiger partial charge in [0.2, 0.25) is 10.0 Å². The minimum Gasteiger partial charge on any atom is -0.483 e. The number of likely N-dealkylation sites (tertiary alicyclic amines) is 1. The fraction of sp³-hybridized carbons (Fsp3) is 0.409. The van der Waals surface area contributed by atoms with Crippen molar-refractivity contribution in [3.63, 3.8) is 0 Å². The topological polar surface area (TPSA) is 98.2 Å². The Balaban J connectivity index is 0.00000101. The summed E-state index contributed by atoms with van der Waals surface area (Å²) in [6, 6.07) is 16.9. The van der Waals surface area contributed by atoms with Gasteiger partial charge in [-0.2, -0.15) is 0 Å². The monoisotopic (exact) mass is 434 g/mol. The van der Waals surface area contributed by atoms with Crippen LogP contribution < -0.4 is 0 Å². The molecule has 1 fully saturated rings. The normalized spacial score (nSPS) is 19.4. The molecule has 1 aliphatic heterocycles. The molecule has 0 amide bonds. The van der Waals surface area contributed by atoms with Crippen LogP contribution in [0.15, 0.2) is 48.5 Å². The molecule has 0 spiro atoms. The molecule has 164 valence electrons. The van der Waals surface area contributed by atoms with Crippen LogP contribution >= 0.6 is 0 Å². The van der Waals surface area contributed by atoms with Gasteiger partial charge in [0.25, 0.3) is 6.47 Å². The van der Waals surface area contributed by atoms with Crippen LogP contribution in [-0.2, 0) is 21.4 Å².